The standard InChI is InChI=1S/C6H15N.H4Si/c1-4-5-7-6(2)3;/h6-7H,4-5H2,1-3H3;1H4. The molecule has 0 aliphatic carbocycles. The van der Waals surface area contributed by atoms with E-state index in [2.05, 4.69) is 26.1 Å². The monoisotopic (exact) mass is 133 g/mol. The molecule has 0 heterocycles. The number of nitrogens with one attached hydrogen (secondary N) is 1. The Kier molecular flexibility index (Phi) is 9.90. The molecular formula is C6H19NSi. The van der Waals surface area contributed by atoms with Gasteiger partial charge in [-0.15, -0.1) is 0 Å². The van der Waals surface area contributed by atoms with E-state index in [4.69, 9.17) is 0 Å². The zero-order chi connectivity index (χ0) is 5.70. The molecule has 0 unspecified atom stereocenters. The van der Waals surface area contributed by atoms with Crippen LogP contribution < -0.4 is 5.32 Å². The Balaban J connectivity index is 0. The summed E-state index contributed by atoms with van der Waals surface area (Å²) in [5.41, 5.74) is 0. The van der Waals surface area contributed by atoms with Crippen molar-refractivity contribution < 1.29 is 0 Å². The summed E-state index contributed by atoms with van der Waals surface area (Å²) >= 11 is 0. The van der Waals surface area contributed by atoms with Crippen LogP contribution in [0, 0.1) is 0 Å². The largest absolute Gasteiger partial charge is 0.315 e. The Hall–Kier alpha value is 0.177. The van der Waals surface area contributed by atoms with Crippen LogP contribution in [0.5, 0.6) is 0 Å². The second kappa shape index (κ2) is 7.18. The third kappa shape index (κ3) is 9.49. The van der Waals surface area contributed by atoms with Crippen LogP contribution in [-0.4, -0.2) is 23.6 Å². The lowest BCUT2D eigenvalue weighted by molar-refractivity contribution is 0.584. The molecule has 0 aliphatic rings. The van der Waals surface area contributed by atoms with Gasteiger partial charge in [-0.3, -0.25) is 0 Å². The average Bonchev–Trinajstić information content (AvgIpc) is 1.61. The summed E-state index contributed by atoms with van der Waals surface area (Å²) in [6.07, 6.45) is 1.23. The van der Waals surface area contributed by atoms with Gasteiger partial charge >= 0.3 is 0 Å². The van der Waals surface area contributed by atoms with E-state index in [1.807, 2.05) is 0 Å². The fraction of sp³-hybridized carbons (Fsp3) is 1.00. The van der Waals surface area contributed by atoms with Crippen molar-refractivity contribution in [1.82, 2.24) is 5.32 Å². The third-order valence-electron chi connectivity index (χ3n) is 0.803. The molecule has 2 heteroatoms. The molecule has 0 bridgehead atoms. The van der Waals surface area contributed by atoms with E-state index in [9.17, 15) is 0 Å². The first kappa shape index (κ1) is 11.0. The van der Waals surface area contributed by atoms with Gasteiger partial charge in [-0.05, 0) is 23.9 Å². The quantitative estimate of drug-likeness (QED) is 0.532. The zero-order valence-electron chi connectivity index (χ0n) is 5.49. The van der Waals surface area contributed by atoms with Gasteiger partial charge in [0.1, 0.15) is 0 Å². The minimum atomic E-state index is 0. The lowest BCUT2D eigenvalue weighted by atomic mass is 10.4. The molecule has 52 valence electrons. The Morgan fingerprint density at radius 2 is 1.88 bits per heavy atom. The number of hydrogen-bond acceptors (Lipinski definition) is 1. The molecule has 0 fully saturated rings. The lowest BCUT2D eigenvalue weighted by Crippen LogP contribution is -2.22. The van der Waals surface area contributed by atoms with Crippen LogP contribution in [0.2, 0.25) is 0 Å². The zero-order valence-corrected chi connectivity index (χ0v) is 5.49. The summed E-state index contributed by atoms with van der Waals surface area (Å²) in [6, 6.07) is 0.653. The molecule has 0 saturated heterocycles. The van der Waals surface area contributed by atoms with Crippen molar-refractivity contribution >= 4 is 11.0 Å². The van der Waals surface area contributed by atoms with Crippen molar-refractivity contribution in [3.63, 3.8) is 0 Å². The highest BCUT2D eigenvalue weighted by molar-refractivity contribution is 5.75. The molecule has 0 spiro atoms. The van der Waals surface area contributed by atoms with E-state index in [0.717, 1.165) is 6.54 Å². The van der Waals surface area contributed by atoms with Crippen LogP contribution in [0.4, 0.5) is 0 Å². The van der Waals surface area contributed by atoms with Crippen LogP contribution in [0.15, 0.2) is 0 Å². The van der Waals surface area contributed by atoms with Crippen molar-refractivity contribution in [2.75, 3.05) is 6.54 Å². The number of hydrogen-bond donors (Lipinski definition) is 1. The molecule has 1 N–H and O–H groups in total. The fourth-order valence-electron chi connectivity index (χ4n) is 0.433. The topological polar surface area (TPSA) is 12.0 Å². The number of rotatable bonds is 3. The van der Waals surface area contributed by atoms with Crippen LogP contribution in [0.1, 0.15) is 27.2 Å². The van der Waals surface area contributed by atoms with Gasteiger partial charge in [0, 0.05) is 6.04 Å². The van der Waals surface area contributed by atoms with Crippen molar-refractivity contribution in [2.24, 2.45) is 0 Å². The molecule has 1 nitrogen and oxygen atoms in total. The molecule has 0 amide bonds. The molecule has 0 saturated carbocycles. The maximum absolute atomic E-state index is 3.30. The van der Waals surface area contributed by atoms with Gasteiger partial charge in [-0.25, -0.2) is 0 Å². The smallest absolute Gasteiger partial charge is 0.00103 e. The molecule has 0 aromatic heterocycles. The fourth-order valence-corrected chi connectivity index (χ4v) is 0.433. The lowest BCUT2D eigenvalue weighted by Gasteiger charge is -2.03. The van der Waals surface area contributed by atoms with Crippen LogP contribution >= 0.6 is 0 Å². The highest BCUT2D eigenvalue weighted by Gasteiger charge is 1.85. The third-order valence-corrected chi connectivity index (χ3v) is 0.803. The highest BCUT2D eigenvalue weighted by Crippen LogP contribution is 1.76. The first-order valence-electron chi connectivity index (χ1n) is 3.00. The molecule has 0 aliphatic heterocycles. The summed E-state index contributed by atoms with van der Waals surface area (Å²) in [7, 11) is 0. The van der Waals surface area contributed by atoms with Gasteiger partial charge in [0.2, 0.25) is 0 Å². The van der Waals surface area contributed by atoms with E-state index in [1.54, 1.807) is 0 Å². The van der Waals surface area contributed by atoms with Gasteiger partial charge in [0.15, 0.2) is 0 Å². The van der Waals surface area contributed by atoms with E-state index in [-0.39, 0.29) is 11.0 Å². The predicted octanol–water partition coefficient (Wildman–Crippen LogP) is -0.0572. The van der Waals surface area contributed by atoms with Gasteiger partial charge < -0.3 is 5.32 Å². The summed E-state index contributed by atoms with van der Waals surface area (Å²) in [4.78, 5) is 0. The summed E-state index contributed by atoms with van der Waals surface area (Å²) < 4.78 is 0. The van der Waals surface area contributed by atoms with Crippen molar-refractivity contribution in [1.29, 1.82) is 0 Å². The van der Waals surface area contributed by atoms with E-state index in [1.165, 1.54) is 6.42 Å². The maximum atomic E-state index is 3.30. The Bertz CT molecular complexity index is 37.5. The second-order valence-corrected chi connectivity index (χ2v) is 2.11. The normalized spacial score (nSPS) is 9.00. The summed E-state index contributed by atoms with van der Waals surface area (Å²) in [6.45, 7) is 7.65. The molecule has 0 radical (unpaired) electrons. The molecule has 0 rings (SSSR count). The summed E-state index contributed by atoms with van der Waals surface area (Å²) in [5, 5.41) is 3.30. The van der Waals surface area contributed by atoms with Gasteiger partial charge in [0.05, 0.1) is 0 Å². The Morgan fingerprint density at radius 1 is 1.38 bits per heavy atom. The van der Waals surface area contributed by atoms with Crippen LogP contribution in [-0.2, 0) is 0 Å². The van der Waals surface area contributed by atoms with E-state index >= 15 is 0 Å². The minimum absolute atomic E-state index is 0. The first-order valence-corrected chi connectivity index (χ1v) is 3.00. The molecule has 0 atom stereocenters. The summed E-state index contributed by atoms with van der Waals surface area (Å²) in [5.74, 6) is 0. The van der Waals surface area contributed by atoms with Crippen LogP contribution in [0.25, 0.3) is 0 Å². The highest BCUT2D eigenvalue weighted by atomic mass is 28.1. The molecule has 8 heavy (non-hydrogen) atoms. The minimum Gasteiger partial charge on any atom is -0.315 e. The van der Waals surface area contributed by atoms with Crippen molar-refractivity contribution in [3.8, 4) is 0 Å². The van der Waals surface area contributed by atoms with Gasteiger partial charge in [-0.2, -0.15) is 0 Å². The van der Waals surface area contributed by atoms with Crippen molar-refractivity contribution in [3.05, 3.63) is 0 Å². The Morgan fingerprint density at radius 3 is 2.00 bits per heavy atom. The molecule has 0 aromatic carbocycles. The molecular weight excluding hydrogens is 114 g/mol. The van der Waals surface area contributed by atoms with E-state index < -0.39 is 0 Å². The van der Waals surface area contributed by atoms with Gasteiger partial charge in [0.25, 0.3) is 0 Å². The Labute approximate surface area is 56.9 Å². The van der Waals surface area contributed by atoms with Gasteiger partial charge in [-0.1, -0.05) is 20.8 Å². The van der Waals surface area contributed by atoms with Crippen molar-refractivity contribution in [2.45, 2.75) is 33.2 Å². The first-order chi connectivity index (χ1) is 3.27. The maximum Gasteiger partial charge on any atom is 0.00103 e. The second-order valence-electron chi connectivity index (χ2n) is 2.11. The average molecular weight is 133 g/mol. The van der Waals surface area contributed by atoms with Crippen LogP contribution in [0.3, 0.4) is 0 Å². The van der Waals surface area contributed by atoms with E-state index in [0.29, 0.717) is 6.04 Å². The molecule has 0 aromatic rings. The SMILES string of the molecule is CCCNC(C)C.[SiH4]. The predicted molar refractivity (Wildman–Crippen MR) is 44.8 cm³/mol.